The van der Waals surface area contributed by atoms with Crippen molar-refractivity contribution in [2.24, 2.45) is 0 Å². The highest BCUT2D eigenvalue weighted by Gasteiger charge is 2.18. The van der Waals surface area contributed by atoms with Gasteiger partial charge in [0, 0.05) is 4.88 Å². The first-order valence-corrected chi connectivity index (χ1v) is 9.31. The molecule has 3 aromatic rings. The number of amides is 1. The lowest BCUT2D eigenvalue weighted by Gasteiger charge is -2.13. The van der Waals surface area contributed by atoms with E-state index in [-0.39, 0.29) is 11.7 Å². The zero-order valence-electron chi connectivity index (χ0n) is 14.7. The van der Waals surface area contributed by atoms with Crippen molar-refractivity contribution < 1.29 is 19.4 Å². The van der Waals surface area contributed by atoms with Crippen LogP contribution in [0.4, 0.5) is 0 Å². The van der Waals surface area contributed by atoms with Gasteiger partial charge in [-0.2, -0.15) is 0 Å². The third-order valence-electron chi connectivity index (χ3n) is 3.99. The Morgan fingerprint density at radius 2 is 1.67 bits per heavy atom. The van der Waals surface area contributed by atoms with Crippen molar-refractivity contribution in [1.82, 2.24) is 5.32 Å². The predicted molar refractivity (Wildman–Crippen MR) is 105 cm³/mol. The van der Waals surface area contributed by atoms with Crippen molar-refractivity contribution in [1.29, 1.82) is 0 Å². The topological polar surface area (TPSA) is 75.6 Å². The van der Waals surface area contributed by atoms with Gasteiger partial charge in [0.2, 0.25) is 0 Å². The Morgan fingerprint density at radius 1 is 1.04 bits per heavy atom. The van der Waals surface area contributed by atoms with E-state index in [2.05, 4.69) is 5.32 Å². The van der Waals surface area contributed by atoms with Crippen LogP contribution in [0.5, 0.6) is 5.75 Å². The van der Waals surface area contributed by atoms with Crippen LogP contribution >= 0.6 is 11.3 Å². The van der Waals surface area contributed by atoms with Gasteiger partial charge in [-0.15, -0.1) is 11.3 Å². The molecule has 1 unspecified atom stereocenters. The predicted octanol–water partition coefficient (Wildman–Crippen LogP) is 3.98. The van der Waals surface area contributed by atoms with Crippen LogP contribution in [0, 0.1) is 0 Å². The van der Waals surface area contributed by atoms with E-state index in [0.29, 0.717) is 12.1 Å². The van der Waals surface area contributed by atoms with E-state index in [1.807, 2.05) is 17.5 Å². The van der Waals surface area contributed by atoms with E-state index >= 15 is 0 Å². The second-order valence-electron chi connectivity index (χ2n) is 5.97. The standard InChI is InChI=1S/C21H19NO4S/c1-14(20(24)22-13-19-3-2-12-27-19)26-21(25)17-6-4-15(5-7-17)16-8-10-18(23)11-9-16/h2-12,14,23H,13H2,1H3,(H,22,24). The van der Waals surface area contributed by atoms with Gasteiger partial charge >= 0.3 is 5.97 Å². The maximum Gasteiger partial charge on any atom is 0.338 e. The smallest absolute Gasteiger partial charge is 0.338 e. The molecule has 138 valence electrons. The molecule has 6 heteroatoms. The summed E-state index contributed by atoms with van der Waals surface area (Å²) in [5.41, 5.74) is 2.21. The lowest BCUT2D eigenvalue weighted by atomic mass is 10.0. The van der Waals surface area contributed by atoms with Crippen LogP contribution in [0.15, 0.2) is 66.0 Å². The summed E-state index contributed by atoms with van der Waals surface area (Å²) in [6.45, 7) is 1.96. The van der Waals surface area contributed by atoms with Gasteiger partial charge in [-0.3, -0.25) is 4.79 Å². The number of phenolic OH excluding ortho intramolecular Hbond substituents is 1. The number of benzene rings is 2. The van der Waals surface area contributed by atoms with E-state index < -0.39 is 12.1 Å². The van der Waals surface area contributed by atoms with Crippen molar-refractivity contribution in [2.75, 3.05) is 0 Å². The van der Waals surface area contributed by atoms with Crippen LogP contribution in [0.25, 0.3) is 11.1 Å². The Bertz CT molecular complexity index is 902. The molecule has 1 heterocycles. The summed E-state index contributed by atoms with van der Waals surface area (Å²) in [7, 11) is 0. The second kappa shape index (κ2) is 8.51. The van der Waals surface area contributed by atoms with Gasteiger partial charge in [0.05, 0.1) is 12.1 Å². The summed E-state index contributed by atoms with van der Waals surface area (Å²) in [5.74, 6) is -0.686. The molecule has 1 amide bonds. The first-order valence-electron chi connectivity index (χ1n) is 8.43. The normalized spacial score (nSPS) is 11.6. The van der Waals surface area contributed by atoms with Crippen LogP contribution in [-0.2, 0) is 16.1 Å². The minimum Gasteiger partial charge on any atom is -0.508 e. The molecule has 0 fully saturated rings. The van der Waals surface area contributed by atoms with E-state index in [1.165, 1.54) is 0 Å². The van der Waals surface area contributed by atoms with Crippen molar-refractivity contribution >= 4 is 23.2 Å². The maximum absolute atomic E-state index is 12.3. The number of esters is 1. The van der Waals surface area contributed by atoms with Crippen LogP contribution in [0.2, 0.25) is 0 Å². The van der Waals surface area contributed by atoms with Gasteiger partial charge in [0.1, 0.15) is 5.75 Å². The van der Waals surface area contributed by atoms with Crippen molar-refractivity contribution in [3.8, 4) is 16.9 Å². The number of hydrogen-bond donors (Lipinski definition) is 2. The zero-order valence-corrected chi connectivity index (χ0v) is 15.5. The highest BCUT2D eigenvalue weighted by molar-refractivity contribution is 7.09. The molecule has 0 spiro atoms. The molecular weight excluding hydrogens is 362 g/mol. The first-order chi connectivity index (χ1) is 13.0. The molecule has 1 aromatic heterocycles. The summed E-state index contributed by atoms with van der Waals surface area (Å²) < 4.78 is 5.25. The largest absolute Gasteiger partial charge is 0.508 e. The van der Waals surface area contributed by atoms with Crippen LogP contribution in [0.3, 0.4) is 0 Å². The molecule has 0 saturated heterocycles. The van der Waals surface area contributed by atoms with Gasteiger partial charge in [0.15, 0.2) is 6.10 Å². The van der Waals surface area contributed by atoms with Crippen LogP contribution in [0.1, 0.15) is 22.2 Å². The maximum atomic E-state index is 12.3. The number of aromatic hydroxyl groups is 1. The molecule has 3 rings (SSSR count). The Hall–Kier alpha value is -3.12. The molecule has 0 radical (unpaired) electrons. The summed E-state index contributed by atoms with van der Waals surface area (Å²) in [5, 5.41) is 14.0. The van der Waals surface area contributed by atoms with E-state index in [0.717, 1.165) is 16.0 Å². The summed E-state index contributed by atoms with van der Waals surface area (Å²) in [4.78, 5) is 25.4. The number of thiophene rings is 1. The molecular formula is C21H19NO4S. The SMILES string of the molecule is CC(OC(=O)c1ccc(-c2ccc(O)cc2)cc1)C(=O)NCc1cccs1. The fourth-order valence-electron chi connectivity index (χ4n) is 2.47. The van der Waals surface area contributed by atoms with Crippen molar-refractivity contribution in [3.63, 3.8) is 0 Å². The number of hydrogen-bond acceptors (Lipinski definition) is 5. The van der Waals surface area contributed by atoms with Crippen LogP contribution < -0.4 is 5.32 Å². The summed E-state index contributed by atoms with van der Waals surface area (Å²) in [6, 6.07) is 17.5. The molecule has 27 heavy (non-hydrogen) atoms. The minimum atomic E-state index is -0.880. The summed E-state index contributed by atoms with van der Waals surface area (Å²) in [6.07, 6.45) is -0.880. The number of rotatable bonds is 6. The molecule has 1 atom stereocenters. The van der Waals surface area contributed by atoms with Crippen molar-refractivity contribution in [3.05, 3.63) is 76.5 Å². The average molecular weight is 381 g/mol. The average Bonchev–Trinajstić information content (AvgIpc) is 3.20. The molecule has 0 aliphatic rings. The summed E-state index contributed by atoms with van der Waals surface area (Å²) >= 11 is 1.55. The third-order valence-corrected chi connectivity index (χ3v) is 4.87. The lowest BCUT2D eigenvalue weighted by Crippen LogP contribution is -2.35. The molecule has 2 N–H and O–H groups in total. The fourth-order valence-corrected chi connectivity index (χ4v) is 3.11. The van der Waals surface area contributed by atoms with Crippen LogP contribution in [-0.4, -0.2) is 23.1 Å². The van der Waals surface area contributed by atoms with Gasteiger partial charge in [0.25, 0.3) is 5.91 Å². The van der Waals surface area contributed by atoms with E-state index in [9.17, 15) is 14.7 Å². The monoisotopic (exact) mass is 381 g/mol. The number of carbonyl (C=O) groups excluding carboxylic acids is 2. The zero-order chi connectivity index (χ0) is 19.2. The Morgan fingerprint density at radius 3 is 2.26 bits per heavy atom. The molecule has 0 saturated carbocycles. The van der Waals surface area contributed by atoms with Gasteiger partial charge in [-0.05, 0) is 53.8 Å². The van der Waals surface area contributed by atoms with Gasteiger partial charge in [-0.25, -0.2) is 4.79 Å². The van der Waals surface area contributed by atoms with E-state index in [1.54, 1.807) is 66.8 Å². The number of carbonyl (C=O) groups is 2. The molecule has 0 aliphatic heterocycles. The van der Waals surface area contributed by atoms with Crippen molar-refractivity contribution in [2.45, 2.75) is 19.6 Å². The Balaban J connectivity index is 1.56. The molecule has 5 nitrogen and oxygen atoms in total. The molecule has 0 aliphatic carbocycles. The first kappa shape index (κ1) is 18.7. The number of nitrogens with one attached hydrogen (secondary N) is 1. The van der Waals surface area contributed by atoms with E-state index in [4.69, 9.17) is 4.74 Å². The Labute approximate surface area is 161 Å². The fraction of sp³-hybridized carbons (Fsp3) is 0.143. The molecule has 0 bridgehead atoms. The lowest BCUT2D eigenvalue weighted by molar-refractivity contribution is -0.129. The molecule has 2 aromatic carbocycles. The highest BCUT2D eigenvalue weighted by Crippen LogP contribution is 2.22. The number of ether oxygens (including phenoxy) is 1. The Kier molecular flexibility index (Phi) is 5.88. The van der Waals surface area contributed by atoms with Gasteiger partial charge in [-0.1, -0.05) is 30.3 Å². The third kappa shape index (κ3) is 4.95. The highest BCUT2D eigenvalue weighted by atomic mass is 32.1. The number of phenols is 1. The minimum absolute atomic E-state index is 0.199. The second-order valence-corrected chi connectivity index (χ2v) is 7.00. The quantitative estimate of drug-likeness (QED) is 0.633. The van der Waals surface area contributed by atoms with Gasteiger partial charge < -0.3 is 15.2 Å².